The summed E-state index contributed by atoms with van der Waals surface area (Å²) in [5, 5.41) is 0. The van der Waals surface area contributed by atoms with Crippen molar-refractivity contribution >= 4 is 11.4 Å². The van der Waals surface area contributed by atoms with Gasteiger partial charge in [-0.05, 0) is 59.7 Å². The lowest BCUT2D eigenvalue weighted by molar-refractivity contribution is -0.0998. The predicted octanol–water partition coefficient (Wildman–Crippen LogP) is 3.89. The van der Waals surface area contributed by atoms with E-state index in [1.54, 1.807) is 24.3 Å². The number of rotatable bonds is 4. The summed E-state index contributed by atoms with van der Waals surface area (Å²) < 4.78 is 0. The molecular weight excluding hydrogens is 276 g/mol. The molecule has 3 aromatic rings. The SMILES string of the molecule is Nc1ccc(OOc2cccc(-c3ccc(N)cc3)c2)cc1. The van der Waals surface area contributed by atoms with Crippen LogP contribution in [0, 0.1) is 0 Å². The van der Waals surface area contributed by atoms with Gasteiger partial charge in [-0.2, -0.15) is 0 Å². The monoisotopic (exact) mass is 292 g/mol. The third-order valence-electron chi connectivity index (χ3n) is 3.19. The third-order valence-corrected chi connectivity index (χ3v) is 3.19. The fourth-order valence-electron chi connectivity index (χ4n) is 2.02. The first kappa shape index (κ1) is 13.8. The van der Waals surface area contributed by atoms with Crippen LogP contribution in [0.25, 0.3) is 11.1 Å². The largest absolute Gasteiger partial charge is 0.399 e. The van der Waals surface area contributed by atoms with Crippen molar-refractivity contribution in [2.45, 2.75) is 0 Å². The molecule has 4 nitrogen and oxygen atoms in total. The first-order valence-electron chi connectivity index (χ1n) is 6.87. The highest BCUT2D eigenvalue weighted by Crippen LogP contribution is 2.25. The molecular formula is C18H16N2O2. The molecule has 0 aliphatic heterocycles. The van der Waals surface area contributed by atoms with Crippen LogP contribution in [0.2, 0.25) is 0 Å². The minimum Gasteiger partial charge on any atom is -0.399 e. The maximum atomic E-state index is 5.70. The molecule has 3 aromatic carbocycles. The van der Waals surface area contributed by atoms with Crippen LogP contribution in [0.3, 0.4) is 0 Å². The van der Waals surface area contributed by atoms with E-state index in [0.29, 0.717) is 17.2 Å². The number of hydrogen-bond acceptors (Lipinski definition) is 4. The Morgan fingerprint density at radius 3 is 1.82 bits per heavy atom. The van der Waals surface area contributed by atoms with E-state index in [2.05, 4.69) is 0 Å². The average molecular weight is 292 g/mol. The topological polar surface area (TPSA) is 70.5 Å². The van der Waals surface area contributed by atoms with E-state index in [0.717, 1.165) is 16.8 Å². The van der Waals surface area contributed by atoms with Gasteiger partial charge in [-0.1, -0.05) is 24.3 Å². The Morgan fingerprint density at radius 1 is 0.545 bits per heavy atom. The third kappa shape index (κ3) is 3.30. The van der Waals surface area contributed by atoms with Gasteiger partial charge in [-0.3, -0.25) is 9.78 Å². The summed E-state index contributed by atoms with van der Waals surface area (Å²) in [6, 6.07) is 22.3. The van der Waals surface area contributed by atoms with Crippen molar-refractivity contribution in [2.24, 2.45) is 0 Å². The van der Waals surface area contributed by atoms with Gasteiger partial charge in [0, 0.05) is 11.4 Å². The van der Waals surface area contributed by atoms with Crippen LogP contribution >= 0.6 is 0 Å². The average Bonchev–Trinajstić information content (AvgIpc) is 2.55. The highest BCUT2D eigenvalue weighted by atomic mass is 17.2. The minimum atomic E-state index is 0.590. The fraction of sp³-hybridized carbons (Fsp3) is 0. The first-order chi connectivity index (χ1) is 10.7. The minimum absolute atomic E-state index is 0.590. The highest BCUT2D eigenvalue weighted by molar-refractivity contribution is 5.66. The van der Waals surface area contributed by atoms with Crippen molar-refractivity contribution < 1.29 is 9.78 Å². The van der Waals surface area contributed by atoms with Crippen molar-refractivity contribution in [3.63, 3.8) is 0 Å². The van der Waals surface area contributed by atoms with Gasteiger partial charge in [0.2, 0.25) is 0 Å². The molecule has 0 bridgehead atoms. The molecule has 0 spiro atoms. The van der Waals surface area contributed by atoms with E-state index < -0.39 is 0 Å². The molecule has 0 saturated carbocycles. The summed E-state index contributed by atoms with van der Waals surface area (Å²) in [5.74, 6) is 1.21. The quantitative estimate of drug-likeness (QED) is 0.435. The molecule has 0 fully saturated rings. The molecule has 0 aromatic heterocycles. The lowest BCUT2D eigenvalue weighted by Gasteiger charge is -2.08. The zero-order valence-corrected chi connectivity index (χ0v) is 11.9. The van der Waals surface area contributed by atoms with Crippen molar-refractivity contribution in [1.29, 1.82) is 0 Å². The molecule has 0 saturated heterocycles. The van der Waals surface area contributed by atoms with Crippen LogP contribution in [0.5, 0.6) is 11.5 Å². The number of anilines is 2. The summed E-state index contributed by atoms with van der Waals surface area (Å²) in [7, 11) is 0. The molecule has 0 radical (unpaired) electrons. The molecule has 0 heterocycles. The van der Waals surface area contributed by atoms with Crippen LogP contribution in [0.15, 0.2) is 72.8 Å². The Morgan fingerprint density at radius 2 is 1.14 bits per heavy atom. The van der Waals surface area contributed by atoms with E-state index in [1.807, 2.05) is 48.5 Å². The summed E-state index contributed by atoms with van der Waals surface area (Å²) >= 11 is 0. The van der Waals surface area contributed by atoms with Gasteiger partial charge in [0.1, 0.15) is 0 Å². The lowest BCUT2D eigenvalue weighted by atomic mass is 10.1. The Bertz CT molecular complexity index is 753. The number of nitrogen functional groups attached to an aromatic ring is 2. The van der Waals surface area contributed by atoms with Crippen molar-refractivity contribution in [3.8, 4) is 22.6 Å². The van der Waals surface area contributed by atoms with Crippen LogP contribution in [-0.4, -0.2) is 0 Å². The first-order valence-corrected chi connectivity index (χ1v) is 6.87. The second-order valence-corrected chi connectivity index (χ2v) is 4.89. The predicted molar refractivity (Wildman–Crippen MR) is 88.4 cm³/mol. The van der Waals surface area contributed by atoms with Gasteiger partial charge < -0.3 is 11.5 Å². The maximum absolute atomic E-state index is 5.70. The molecule has 4 N–H and O–H groups in total. The van der Waals surface area contributed by atoms with E-state index >= 15 is 0 Å². The van der Waals surface area contributed by atoms with Crippen molar-refractivity contribution in [3.05, 3.63) is 72.8 Å². The standard InChI is InChI=1S/C18H16N2O2/c19-15-6-4-13(5-7-15)14-2-1-3-18(12-14)22-21-17-10-8-16(20)9-11-17/h1-12H,19-20H2. The van der Waals surface area contributed by atoms with Crippen molar-refractivity contribution in [1.82, 2.24) is 0 Å². The smallest absolute Gasteiger partial charge is 0.179 e. The molecule has 3 rings (SSSR count). The van der Waals surface area contributed by atoms with E-state index in [1.165, 1.54) is 0 Å². The highest BCUT2D eigenvalue weighted by Gasteiger charge is 2.02. The molecule has 110 valence electrons. The zero-order chi connectivity index (χ0) is 15.4. The van der Waals surface area contributed by atoms with Crippen molar-refractivity contribution in [2.75, 3.05) is 11.5 Å². The molecule has 0 atom stereocenters. The van der Waals surface area contributed by atoms with Crippen LogP contribution in [0.1, 0.15) is 0 Å². The van der Waals surface area contributed by atoms with Gasteiger partial charge in [0.05, 0.1) is 0 Å². The van der Waals surface area contributed by atoms with Gasteiger partial charge in [-0.25, -0.2) is 0 Å². The van der Waals surface area contributed by atoms with Gasteiger partial charge in [0.25, 0.3) is 0 Å². The molecule has 22 heavy (non-hydrogen) atoms. The van der Waals surface area contributed by atoms with Gasteiger partial charge in [-0.15, -0.1) is 0 Å². The van der Waals surface area contributed by atoms with E-state index in [-0.39, 0.29) is 0 Å². The van der Waals surface area contributed by atoms with Crippen LogP contribution < -0.4 is 21.2 Å². The van der Waals surface area contributed by atoms with Crippen LogP contribution in [0.4, 0.5) is 11.4 Å². The summed E-state index contributed by atoms with van der Waals surface area (Å²) in [6.45, 7) is 0. The van der Waals surface area contributed by atoms with Gasteiger partial charge in [0.15, 0.2) is 11.5 Å². The zero-order valence-electron chi connectivity index (χ0n) is 11.9. The maximum Gasteiger partial charge on any atom is 0.179 e. The Hall–Kier alpha value is -3.14. The van der Waals surface area contributed by atoms with E-state index in [4.69, 9.17) is 21.2 Å². The molecule has 0 aliphatic rings. The number of benzene rings is 3. The molecule has 0 unspecified atom stereocenters. The lowest BCUT2D eigenvalue weighted by Crippen LogP contribution is -2.00. The second-order valence-electron chi connectivity index (χ2n) is 4.89. The van der Waals surface area contributed by atoms with Crippen LogP contribution in [-0.2, 0) is 0 Å². The second kappa shape index (κ2) is 6.10. The van der Waals surface area contributed by atoms with Gasteiger partial charge >= 0.3 is 0 Å². The summed E-state index contributed by atoms with van der Waals surface area (Å²) in [6.07, 6.45) is 0. The normalized spacial score (nSPS) is 10.2. The molecule has 4 heteroatoms. The Kier molecular flexibility index (Phi) is 3.83. The summed E-state index contributed by atoms with van der Waals surface area (Å²) in [5.41, 5.74) is 14.8. The number of hydrogen-bond donors (Lipinski definition) is 2. The Labute approximate surface area is 128 Å². The fourth-order valence-corrected chi connectivity index (χ4v) is 2.02. The molecule has 0 amide bonds. The summed E-state index contributed by atoms with van der Waals surface area (Å²) in [4.78, 5) is 10.6. The number of nitrogens with two attached hydrogens (primary N) is 2. The van der Waals surface area contributed by atoms with E-state index in [9.17, 15) is 0 Å². The molecule has 0 aliphatic carbocycles. The Balaban J connectivity index is 1.73.